The van der Waals surface area contributed by atoms with Crippen LogP contribution >= 0.6 is 0 Å². The summed E-state index contributed by atoms with van der Waals surface area (Å²) in [7, 11) is 0. The minimum Gasteiger partial charge on any atom is -0.373 e. The Morgan fingerprint density at radius 3 is 2.59 bits per heavy atom. The number of hydrogen-bond acceptors (Lipinski definition) is 7. The average molecular weight is 472 g/mol. The number of anilines is 4. The fourth-order valence-corrected chi connectivity index (χ4v) is 3.60. The van der Waals surface area contributed by atoms with Crippen molar-refractivity contribution in [1.82, 2.24) is 15.0 Å². The highest BCUT2D eigenvalue weighted by Crippen LogP contribution is 2.25. The van der Waals surface area contributed by atoms with Gasteiger partial charge in [-0.05, 0) is 42.7 Å². The van der Waals surface area contributed by atoms with Crippen LogP contribution in [-0.2, 0) is 16.1 Å². The summed E-state index contributed by atoms with van der Waals surface area (Å²) in [5.74, 6) is -2.17. The van der Waals surface area contributed by atoms with Crippen LogP contribution < -0.4 is 15.5 Å². The Morgan fingerprint density at radius 1 is 1.09 bits per heavy atom. The van der Waals surface area contributed by atoms with Crippen LogP contribution in [-0.4, -0.2) is 40.1 Å². The fourth-order valence-electron chi connectivity index (χ4n) is 3.60. The smallest absolute Gasteiger partial charge is 0.232 e. The molecule has 1 aromatic heterocycles. The van der Waals surface area contributed by atoms with E-state index in [0.717, 1.165) is 12.1 Å². The van der Waals surface area contributed by atoms with Gasteiger partial charge in [0, 0.05) is 20.0 Å². The van der Waals surface area contributed by atoms with Gasteiger partial charge in [0.05, 0.1) is 24.1 Å². The quantitative estimate of drug-likeness (QED) is 0.533. The monoisotopic (exact) mass is 472 g/mol. The highest BCUT2D eigenvalue weighted by Gasteiger charge is 2.22. The number of nitrogens with one attached hydrogen (secondary N) is 2. The Bertz CT molecular complexity index is 1170. The third-order valence-corrected chi connectivity index (χ3v) is 5.31. The molecular weight excluding hydrogens is 449 g/mol. The molecule has 1 amide bonds. The van der Waals surface area contributed by atoms with Gasteiger partial charge < -0.3 is 20.3 Å². The fraction of sp³-hybridized carbons (Fsp3) is 0.304. The maximum atomic E-state index is 14.6. The topological polar surface area (TPSA) is 92.3 Å². The Labute approximate surface area is 194 Å². The summed E-state index contributed by atoms with van der Waals surface area (Å²) in [5, 5.41) is 5.25. The predicted molar refractivity (Wildman–Crippen MR) is 120 cm³/mol. The van der Waals surface area contributed by atoms with Crippen LogP contribution in [0.2, 0.25) is 0 Å². The zero-order valence-corrected chi connectivity index (χ0v) is 18.4. The number of rotatable bonds is 7. The summed E-state index contributed by atoms with van der Waals surface area (Å²) >= 11 is 0. The maximum Gasteiger partial charge on any atom is 0.232 e. The molecule has 0 unspecified atom stereocenters. The van der Waals surface area contributed by atoms with E-state index in [-0.39, 0.29) is 35.9 Å². The molecule has 8 nitrogen and oxygen atoms in total. The van der Waals surface area contributed by atoms with Crippen LogP contribution in [0.5, 0.6) is 0 Å². The summed E-state index contributed by atoms with van der Waals surface area (Å²) in [4.78, 5) is 25.9. The van der Waals surface area contributed by atoms with Crippen LogP contribution in [0.4, 0.5) is 36.4 Å². The van der Waals surface area contributed by atoms with Crippen molar-refractivity contribution in [3.63, 3.8) is 0 Å². The second-order valence-corrected chi connectivity index (χ2v) is 7.83. The Kier molecular flexibility index (Phi) is 7.21. The van der Waals surface area contributed by atoms with Gasteiger partial charge in [0.2, 0.25) is 17.8 Å². The van der Waals surface area contributed by atoms with Gasteiger partial charge >= 0.3 is 0 Å². The van der Waals surface area contributed by atoms with Gasteiger partial charge in [-0.2, -0.15) is 4.98 Å². The molecule has 1 fully saturated rings. The molecule has 11 heteroatoms. The molecule has 1 aliphatic rings. The van der Waals surface area contributed by atoms with E-state index in [4.69, 9.17) is 4.74 Å². The van der Waals surface area contributed by atoms with Crippen LogP contribution in [0.25, 0.3) is 0 Å². The second kappa shape index (κ2) is 10.5. The first-order chi connectivity index (χ1) is 16.4. The first kappa shape index (κ1) is 23.4. The molecule has 1 saturated heterocycles. The average Bonchev–Trinajstić information content (AvgIpc) is 2.83. The van der Waals surface area contributed by atoms with Crippen LogP contribution in [0, 0.1) is 17.5 Å². The molecule has 2 heterocycles. The number of amides is 1. The lowest BCUT2D eigenvalue weighted by atomic mass is 10.1. The molecule has 0 spiro atoms. The third-order valence-electron chi connectivity index (χ3n) is 5.31. The largest absolute Gasteiger partial charge is 0.373 e. The lowest BCUT2D eigenvalue weighted by molar-refractivity contribution is -0.114. The van der Waals surface area contributed by atoms with E-state index < -0.39 is 17.5 Å². The molecule has 4 rings (SSSR count). The molecule has 2 N–H and O–H groups in total. The highest BCUT2D eigenvalue weighted by atomic mass is 19.2. The number of carbonyl (C=O) groups is 1. The molecule has 0 atom stereocenters. The van der Waals surface area contributed by atoms with Crippen LogP contribution in [0.1, 0.15) is 25.3 Å². The molecule has 0 bridgehead atoms. The normalized spacial score (nSPS) is 14.2. The first-order valence-electron chi connectivity index (χ1n) is 10.7. The van der Waals surface area contributed by atoms with E-state index in [0.29, 0.717) is 37.4 Å². The van der Waals surface area contributed by atoms with Gasteiger partial charge in [0.25, 0.3) is 0 Å². The minimum absolute atomic E-state index is 0.0330. The lowest BCUT2D eigenvalue weighted by Gasteiger charge is -2.31. The number of benzene rings is 2. The van der Waals surface area contributed by atoms with Crippen molar-refractivity contribution < 1.29 is 22.7 Å². The van der Waals surface area contributed by atoms with E-state index >= 15 is 0 Å². The Balaban J connectivity index is 1.34. The minimum atomic E-state index is -0.892. The number of piperidine rings is 1. The van der Waals surface area contributed by atoms with Gasteiger partial charge in [0.15, 0.2) is 17.5 Å². The van der Waals surface area contributed by atoms with E-state index in [1.165, 1.54) is 31.5 Å². The number of halogens is 3. The summed E-state index contributed by atoms with van der Waals surface area (Å²) in [6.07, 6.45) is 2.71. The zero-order valence-electron chi connectivity index (χ0n) is 18.4. The predicted octanol–water partition coefficient (Wildman–Crippen LogP) is 4.18. The summed E-state index contributed by atoms with van der Waals surface area (Å²) in [5.41, 5.74) is 0.745. The van der Waals surface area contributed by atoms with Gasteiger partial charge in [-0.3, -0.25) is 4.79 Å². The maximum absolute atomic E-state index is 14.6. The molecule has 0 saturated carbocycles. The summed E-state index contributed by atoms with van der Waals surface area (Å²) < 4.78 is 46.9. The molecule has 0 aliphatic carbocycles. The highest BCUT2D eigenvalue weighted by molar-refractivity contribution is 5.89. The number of aromatic nitrogens is 3. The SMILES string of the molecule is CC(=O)Nc1cccc(Nc2ncnc(N3CCC(OCc4ccc(F)c(F)c4)CC3)n2)c1F. The van der Waals surface area contributed by atoms with Gasteiger partial charge in [0.1, 0.15) is 6.33 Å². The van der Waals surface area contributed by atoms with Crippen LogP contribution in [0.3, 0.4) is 0 Å². The number of carbonyl (C=O) groups excluding carboxylic acids is 1. The first-order valence-corrected chi connectivity index (χ1v) is 10.7. The van der Waals surface area contributed by atoms with E-state index in [2.05, 4.69) is 25.6 Å². The molecule has 178 valence electrons. The Hall–Kier alpha value is -3.73. The molecular formula is C23H23F3N6O2. The summed E-state index contributed by atoms with van der Waals surface area (Å²) in [6, 6.07) is 8.30. The van der Waals surface area contributed by atoms with E-state index in [1.54, 1.807) is 6.07 Å². The third kappa shape index (κ3) is 5.79. The number of nitrogens with zero attached hydrogens (tertiary/aromatic N) is 4. The van der Waals surface area contributed by atoms with Gasteiger partial charge in [-0.25, -0.2) is 23.1 Å². The second-order valence-electron chi connectivity index (χ2n) is 7.83. The van der Waals surface area contributed by atoms with Crippen molar-refractivity contribution in [2.24, 2.45) is 0 Å². The van der Waals surface area contributed by atoms with E-state index in [1.807, 2.05) is 4.90 Å². The van der Waals surface area contributed by atoms with Crippen molar-refractivity contribution in [2.75, 3.05) is 28.6 Å². The molecule has 3 aromatic rings. The summed E-state index contributed by atoms with van der Waals surface area (Å²) in [6.45, 7) is 2.75. The van der Waals surface area contributed by atoms with E-state index in [9.17, 15) is 18.0 Å². The van der Waals surface area contributed by atoms with Gasteiger partial charge in [-0.1, -0.05) is 12.1 Å². The Morgan fingerprint density at radius 2 is 1.85 bits per heavy atom. The molecule has 1 aliphatic heterocycles. The van der Waals surface area contributed by atoms with Crippen molar-refractivity contribution in [3.05, 3.63) is 65.7 Å². The van der Waals surface area contributed by atoms with Crippen LogP contribution in [0.15, 0.2) is 42.7 Å². The van der Waals surface area contributed by atoms with Crippen molar-refractivity contribution in [3.8, 4) is 0 Å². The standard InChI is InChI=1S/C23H23F3N6O2/c1-14(33)29-19-3-2-4-20(21(19)26)30-22-27-13-28-23(31-22)32-9-7-16(8-10-32)34-12-15-5-6-17(24)18(25)11-15/h2-6,11,13,16H,7-10,12H2,1H3,(H,29,33)(H,27,28,30,31). The molecule has 34 heavy (non-hydrogen) atoms. The van der Waals surface area contributed by atoms with Crippen molar-refractivity contribution >= 4 is 29.2 Å². The number of ether oxygens (including phenoxy) is 1. The lowest BCUT2D eigenvalue weighted by Crippen LogP contribution is -2.38. The molecule has 0 radical (unpaired) electrons. The van der Waals surface area contributed by atoms with Gasteiger partial charge in [-0.15, -0.1) is 0 Å². The van der Waals surface area contributed by atoms with Crippen molar-refractivity contribution in [2.45, 2.75) is 32.5 Å². The number of hydrogen-bond donors (Lipinski definition) is 2. The molecule has 2 aromatic carbocycles. The van der Waals surface area contributed by atoms with Crippen molar-refractivity contribution in [1.29, 1.82) is 0 Å². The zero-order chi connectivity index (χ0) is 24.1.